The van der Waals surface area contributed by atoms with Gasteiger partial charge in [-0.3, -0.25) is 14.5 Å². The van der Waals surface area contributed by atoms with Gasteiger partial charge in [0.05, 0.1) is 12.1 Å². The molecular formula is C27H28F2N4O2. The Balaban J connectivity index is 1.25. The molecule has 0 bridgehead atoms. The SMILES string of the molecule is O=C(CNC(=O)c1ccc(F)cc1F)NCc1ccccc1CN1CCN(c2ccccc2)CC1. The Morgan fingerprint density at radius 2 is 1.49 bits per heavy atom. The van der Waals surface area contributed by atoms with Crippen LogP contribution in [0.4, 0.5) is 14.5 Å². The Hall–Kier alpha value is -3.78. The van der Waals surface area contributed by atoms with Crippen LogP contribution in [0.1, 0.15) is 21.5 Å². The summed E-state index contributed by atoms with van der Waals surface area (Å²) in [6.45, 7) is 4.60. The van der Waals surface area contributed by atoms with Crippen LogP contribution in [0.3, 0.4) is 0 Å². The molecule has 1 aliphatic heterocycles. The highest BCUT2D eigenvalue weighted by Crippen LogP contribution is 2.18. The van der Waals surface area contributed by atoms with E-state index in [1.165, 1.54) is 5.69 Å². The van der Waals surface area contributed by atoms with Crippen LogP contribution in [0, 0.1) is 11.6 Å². The highest BCUT2D eigenvalue weighted by molar-refractivity contribution is 5.96. The van der Waals surface area contributed by atoms with Crippen molar-refractivity contribution in [1.29, 1.82) is 0 Å². The first-order valence-corrected chi connectivity index (χ1v) is 11.6. The molecule has 3 aromatic carbocycles. The molecule has 4 rings (SSSR count). The number of halogens is 2. The van der Waals surface area contributed by atoms with Gasteiger partial charge in [0, 0.05) is 51.0 Å². The number of benzene rings is 3. The van der Waals surface area contributed by atoms with Crippen LogP contribution >= 0.6 is 0 Å². The zero-order valence-electron chi connectivity index (χ0n) is 19.3. The van der Waals surface area contributed by atoms with Crippen molar-refractivity contribution in [2.75, 3.05) is 37.6 Å². The molecule has 0 radical (unpaired) electrons. The zero-order valence-corrected chi connectivity index (χ0v) is 19.3. The molecule has 35 heavy (non-hydrogen) atoms. The average Bonchev–Trinajstić information content (AvgIpc) is 2.88. The molecule has 1 heterocycles. The topological polar surface area (TPSA) is 64.7 Å². The smallest absolute Gasteiger partial charge is 0.254 e. The number of piperazine rings is 1. The lowest BCUT2D eigenvalue weighted by Gasteiger charge is -2.36. The molecule has 0 spiro atoms. The number of carbonyl (C=O) groups is 2. The standard InChI is InChI=1S/C27H28F2N4O2/c28-22-10-11-24(25(29)16-22)27(35)31-18-26(34)30-17-20-6-4-5-7-21(20)19-32-12-14-33(15-13-32)23-8-2-1-3-9-23/h1-11,16H,12-15,17-19H2,(H,30,34)(H,31,35). The van der Waals surface area contributed by atoms with E-state index in [4.69, 9.17) is 0 Å². The normalized spacial score (nSPS) is 13.9. The van der Waals surface area contributed by atoms with Gasteiger partial charge in [-0.25, -0.2) is 8.78 Å². The quantitative estimate of drug-likeness (QED) is 0.521. The van der Waals surface area contributed by atoms with Gasteiger partial charge >= 0.3 is 0 Å². The molecule has 1 saturated heterocycles. The van der Waals surface area contributed by atoms with E-state index in [1.807, 2.05) is 24.3 Å². The maximum atomic E-state index is 13.7. The molecule has 2 amide bonds. The summed E-state index contributed by atoms with van der Waals surface area (Å²) in [7, 11) is 0. The highest BCUT2D eigenvalue weighted by Gasteiger charge is 2.18. The largest absolute Gasteiger partial charge is 0.369 e. The predicted molar refractivity (Wildman–Crippen MR) is 131 cm³/mol. The van der Waals surface area contributed by atoms with E-state index < -0.39 is 23.4 Å². The van der Waals surface area contributed by atoms with Crippen LogP contribution in [0.2, 0.25) is 0 Å². The first-order chi connectivity index (χ1) is 17.0. The van der Waals surface area contributed by atoms with Gasteiger partial charge in [-0.05, 0) is 35.4 Å². The maximum Gasteiger partial charge on any atom is 0.254 e. The Morgan fingerprint density at radius 3 is 2.20 bits per heavy atom. The van der Waals surface area contributed by atoms with Gasteiger partial charge in [-0.15, -0.1) is 0 Å². The van der Waals surface area contributed by atoms with Crippen molar-refractivity contribution in [3.05, 3.63) is 101 Å². The molecule has 2 N–H and O–H groups in total. The van der Waals surface area contributed by atoms with Crippen LogP contribution in [0.15, 0.2) is 72.8 Å². The zero-order chi connectivity index (χ0) is 24.6. The molecule has 1 fully saturated rings. The third-order valence-electron chi connectivity index (χ3n) is 6.07. The predicted octanol–water partition coefficient (Wildman–Crippen LogP) is 3.33. The van der Waals surface area contributed by atoms with Gasteiger partial charge in [-0.1, -0.05) is 42.5 Å². The van der Waals surface area contributed by atoms with Crippen molar-refractivity contribution in [1.82, 2.24) is 15.5 Å². The van der Waals surface area contributed by atoms with Gasteiger partial charge in [0.25, 0.3) is 5.91 Å². The van der Waals surface area contributed by atoms with Gasteiger partial charge in [-0.2, -0.15) is 0 Å². The van der Waals surface area contributed by atoms with E-state index in [0.29, 0.717) is 12.6 Å². The van der Waals surface area contributed by atoms with E-state index >= 15 is 0 Å². The monoisotopic (exact) mass is 478 g/mol. The minimum absolute atomic E-state index is 0.306. The van der Waals surface area contributed by atoms with E-state index in [-0.39, 0.29) is 12.1 Å². The van der Waals surface area contributed by atoms with Crippen molar-refractivity contribution < 1.29 is 18.4 Å². The van der Waals surface area contributed by atoms with Gasteiger partial charge in [0.2, 0.25) is 5.91 Å². The minimum atomic E-state index is -0.971. The number of nitrogens with one attached hydrogen (secondary N) is 2. The van der Waals surface area contributed by atoms with Crippen molar-refractivity contribution in [3.63, 3.8) is 0 Å². The second kappa shape index (κ2) is 11.6. The second-order valence-electron chi connectivity index (χ2n) is 8.45. The number of nitrogens with zero attached hydrogens (tertiary/aromatic N) is 2. The molecule has 6 nitrogen and oxygen atoms in total. The molecular weight excluding hydrogens is 450 g/mol. The third kappa shape index (κ3) is 6.64. The number of rotatable bonds is 8. The van der Waals surface area contributed by atoms with Crippen molar-refractivity contribution in [2.24, 2.45) is 0 Å². The van der Waals surface area contributed by atoms with E-state index in [0.717, 1.165) is 56.0 Å². The van der Waals surface area contributed by atoms with Crippen LogP contribution in [-0.2, 0) is 17.9 Å². The molecule has 0 saturated carbocycles. The molecule has 3 aromatic rings. The summed E-state index contributed by atoms with van der Waals surface area (Å²) >= 11 is 0. The molecule has 0 atom stereocenters. The number of anilines is 1. The molecule has 0 unspecified atom stereocenters. The Bertz CT molecular complexity index is 1160. The Morgan fingerprint density at radius 1 is 0.800 bits per heavy atom. The van der Waals surface area contributed by atoms with Crippen LogP contribution < -0.4 is 15.5 Å². The summed E-state index contributed by atoms with van der Waals surface area (Å²) in [5.41, 5.74) is 3.07. The third-order valence-corrected chi connectivity index (χ3v) is 6.07. The van der Waals surface area contributed by atoms with Crippen LogP contribution in [0.5, 0.6) is 0 Å². The van der Waals surface area contributed by atoms with Crippen LogP contribution in [-0.4, -0.2) is 49.4 Å². The molecule has 0 aliphatic carbocycles. The molecule has 1 aliphatic rings. The van der Waals surface area contributed by atoms with E-state index in [1.54, 1.807) is 0 Å². The van der Waals surface area contributed by atoms with Gasteiger partial charge in [0.1, 0.15) is 11.6 Å². The first kappa shape index (κ1) is 24.3. The Labute approximate surface area is 203 Å². The lowest BCUT2D eigenvalue weighted by molar-refractivity contribution is -0.120. The fraction of sp³-hybridized carbons (Fsp3) is 0.259. The lowest BCUT2D eigenvalue weighted by atomic mass is 10.1. The number of amides is 2. The molecule has 8 heteroatoms. The fourth-order valence-electron chi connectivity index (χ4n) is 4.11. The number of carbonyl (C=O) groups excluding carboxylic acids is 2. The van der Waals surface area contributed by atoms with Crippen molar-refractivity contribution >= 4 is 17.5 Å². The maximum absolute atomic E-state index is 13.7. The summed E-state index contributed by atoms with van der Waals surface area (Å²) in [5, 5.41) is 5.17. The lowest BCUT2D eigenvalue weighted by Crippen LogP contribution is -2.46. The molecule has 0 aromatic heterocycles. The van der Waals surface area contributed by atoms with E-state index in [2.05, 4.69) is 50.8 Å². The minimum Gasteiger partial charge on any atom is -0.369 e. The van der Waals surface area contributed by atoms with Crippen molar-refractivity contribution in [3.8, 4) is 0 Å². The average molecular weight is 479 g/mol. The number of para-hydroxylation sites is 1. The summed E-state index contributed by atoms with van der Waals surface area (Å²) in [6, 6.07) is 21.0. The summed E-state index contributed by atoms with van der Waals surface area (Å²) in [5.74, 6) is -2.91. The number of hydrogen-bond donors (Lipinski definition) is 2. The van der Waals surface area contributed by atoms with Gasteiger partial charge in [0.15, 0.2) is 0 Å². The second-order valence-corrected chi connectivity index (χ2v) is 8.45. The highest BCUT2D eigenvalue weighted by atomic mass is 19.1. The summed E-state index contributed by atoms with van der Waals surface area (Å²) in [4.78, 5) is 29.1. The number of hydrogen-bond acceptors (Lipinski definition) is 4. The van der Waals surface area contributed by atoms with Crippen molar-refractivity contribution in [2.45, 2.75) is 13.1 Å². The van der Waals surface area contributed by atoms with E-state index in [9.17, 15) is 18.4 Å². The first-order valence-electron chi connectivity index (χ1n) is 11.6. The van der Waals surface area contributed by atoms with Gasteiger partial charge < -0.3 is 15.5 Å². The van der Waals surface area contributed by atoms with Crippen LogP contribution in [0.25, 0.3) is 0 Å². The molecule has 182 valence electrons. The summed E-state index contributed by atoms with van der Waals surface area (Å²) < 4.78 is 26.7. The summed E-state index contributed by atoms with van der Waals surface area (Å²) in [6.07, 6.45) is 0. The Kier molecular flexibility index (Phi) is 8.05. The fourth-order valence-corrected chi connectivity index (χ4v) is 4.11.